The van der Waals surface area contributed by atoms with Crippen LogP contribution in [0.3, 0.4) is 0 Å². The standard InChI is InChI=1S/C14H21NO/c1-3-7-15-8-6-13-5-4-12(9-11(2)16)10-14(13)15/h4-5,10-11,16H,3,6-9H2,1-2H3. The summed E-state index contributed by atoms with van der Waals surface area (Å²) in [4.78, 5) is 2.46. The SMILES string of the molecule is CCCN1CCc2ccc(CC(C)O)cc21. The number of hydrogen-bond donors (Lipinski definition) is 1. The van der Waals surface area contributed by atoms with Crippen LogP contribution in [0, 0.1) is 0 Å². The fraction of sp³-hybridized carbons (Fsp3) is 0.571. The van der Waals surface area contributed by atoms with Gasteiger partial charge in [-0.25, -0.2) is 0 Å². The van der Waals surface area contributed by atoms with Crippen LogP contribution in [0.15, 0.2) is 18.2 Å². The fourth-order valence-electron chi connectivity index (χ4n) is 2.46. The molecule has 0 spiro atoms. The summed E-state index contributed by atoms with van der Waals surface area (Å²) in [5.74, 6) is 0. The van der Waals surface area contributed by atoms with E-state index in [1.165, 1.54) is 29.7 Å². The first kappa shape index (κ1) is 11.5. The molecule has 2 heteroatoms. The Hall–Kier alpha value is -1.02. The van der Waals surface area contributed by atoms with Gasteiger partial charge < -0.3 is 10.0 Å². The average Bonchev–Trinajstić information content (AvgIpc) is 2.61. The van der Waals surface area contributed by atoms with Gasteiger partial charge in [0.15, 0.2) is 0 Å². The number of fused-ring (bicyclic) bond motifs is 1. The second kappa shape index (κ2) is 4.88. The highest BCUT2D eigenvalue weighted by molar-refractivity contribution is 5.59. The van der Waals surface area contributed by atoms with Gasteiger partial charge in [-0.05, 0) is 43.4 Å². The molecule has 1 atom stereocenters. The molecule has 88 valence electrons. The molecular weight excluding hydrogens is 198 g/mol. The number of aliphatic hydroxyl groups is 1. The Kier molecular flexibility index (Phi) is 3.49. The smallest absolute Gasteiger partial charge is 0.0552 e. The highest BCUT2D eigenvalue weighted by Crippen LogP contribution is 2.29. The van der Waals surface area contributed by atoms with Crippen LogP contribution in [0.4, 0.5) is 5.69 Å². The van der Waals surface area contributed by atoms with Gasteiger partial charge in [-0.2, -0.15) is 0 Å². The third-order valence-corrected chi connectivity index (χ3v) is 3.17. The van der Waals surface area contributed by atoms with Crippen molar-refractivity contribution in [2.45, 2.75) is 39.2 Å². The van der Waals surface area contributed by atoms with E-state index in [0.29, 0.717) is 0 Å². The lowest BCUT2D eigenvalue weighted by atomic mass is 10.0. The van der Waals surface area contributed by atoms with Gasteiger partial charge in [0, 0.05) is 18.8 Å². The van der Waals surface area contributed by atoms with Crippen LogP contribution in [0.5, 0.6) is 0 Å². The quantitative estimate of drug-likeness (QED) is 0.840. The molecule has 0 saturated carbocycles. The lowest BCUT2D eigenvalue weighted by Crippen LogP contribution is -2.21. The zero-order chi connectivity index (χ0) is 11.5. The molecule has 1 unspecified atom stereocenters. The Morgan fingerprint density at radius 1 is 1.44 bits per heavy atom. The Labute approximate surface area is 97.9 Å². The lowest BCUT2D eigenvalue weighted by molar-refractivity contribution is 0.195. The molecule has 0 amide bonds. The molecule has 1 aliphatic rings. The summed E-state index contributed by atoms with van der Waals surface area (Å²) in [5, 5.41) is 9.41. The van der Waals surface area contributed by atoms with Gasteiger partial charge in [-0.15, -0.1) is 0 Å². The Morgan fingerprint density at radius 2 is 2.25 bits per heavy atom. The van der Waals surface area contributed by atoms with Crippen molar-refractivity contribution in [3.05, 3.63) is 29.3 Å². The molecule has 0 bridgehead atoms. The van der Waals surface area contributed by atoms with Crippen LogP contribution in [-0.2, 0) is 12.8 Å². The molecule has 0 saturated heterocycles. The summed E-state index contributed by atoms with van der Waals surface area (Å²) in [7, 11) is 0. The van der Waals surface area contributed by atoms with E-state index in [0.717, 1.165) is 19.5 Å². The second-order valence-electron chi connectivity index (χ2n) is 4.75. The van der Waals surface area contributed by atoms with E-state index in [1.807, 2.05) is 6.92 Å². The van der Waals surface area contributed by atoms with Crippen molar-refractivity contribution in [3.63, 3.8) is 0 Å². The van der Waals surface area contributed by atoms with Crippen LogP contribution >= 0.6 is 0 Å². The number of aliphatic hydroxyl groups excluding tert-OH is 1. The van der Waals surface area contributed by atoms with Gasteiger partial charge >= 0.3 is 0 Å². The van der Waals surface area contributed by atoms with Crippen molar-refractivity contribution >= 4 is 5.69 Å². The maximum atomic E-state index is 9.41. The van der Waals surface area contributed by atoms with E-state index in [-0.39, 0.29) is 6.10 Å². The van der Waals surface area contributed by atoms with Crippen molar-refractivity contribution in [2.24, 2.45) is 0 Å². The van der Waals surface area contributed by atoms with Gasteiger partial charge in [-0.1, -0.05) is 19.1 Å². The van der Waals surface area contributed by atoms with E-state index < -0.39 is 0 Å². The first-order chi connectivity index (χ1) is 7.70. The number of hydrogen-bond acceptors (Lipinski definition) is 2. The lowest BCUT2D eigenvalue weighted by Gasteiger charge is -2.19. The van der Waals surface area contributed by atoms with Gasteiger partial charge in [-0.3, -0.25) is 0 Å². The van der Waals surface area contributed by atoms with Crippen LogP contribution in [0.1, 0.15) is 31.4 Å². The molecule has 1 aromatic rings. The molecule has 16 heavy (non-hydrogen) atoms. The Balaban J connectivity index is 2.19. The summed E-state index contributed by atoms with van der Waals surface area (Å²) >= 11 is 0. The third-order valence-electron chi connectivity index (χ3n) is 3.17. The largest absolute Gasteiger partial charge is 0.393 e. The first-order valence-corrected chi connectivity index (χ1v) is 6.25. The molecule has 0 aliphatic carbocycles. The monoisotopic (exact) mass is 219 g/mol. The van der Waals surface area contributed by atoms with Gasteiger partial charge in [0.25, 0.3) is 0 Å². The minimum absolute atomic E-state index is 0.251. The van der Waals surface area contributed by atoms with Crippen LogP contribution in [-0.4, -0.2) is 24.3 Å². The topological polar surface area (TPSA) is 23.5 Å². The molecular formula is C14H21NO. The Morgan fingerprint density at radius 3 is 2.94 bits per heavy atom. The molecule has 1 aliphatic heterocycles. The molecule has 0 aromatic heterocycles. The number of nitrogens with zero attached hydrogens (tertiary/aromatic N) is 1. The highest BCUT2D eigenvalue weighted by Gasteiger charge is 2.18. The van der Waals surface area contributed by atoms with Gasteiger partial charge in [0.1, 0.15) is 0 Å². The number of benzene rings is 1. The van der Waals surface area contributed by atoms with E-state index in [4.69, 9.17) is 0 Å². The summed E-state index contributed by atoms with van der Waals surface area (Å²) in [5.41, 5.74) is 4.10. The fourth-order valence-corrected chi connectivity index (χ4v) is 2.46. The maximum Gasteiger partial charge on any atom is 0.0552 e. The van der Waals surface area contributed by atoms with E-state index in [2.05, 4.69) is 30.0 Å². The molecule has 1 heterocycles. The molecule has 0 radical (unpaired) electrons. The van der Waals surface area contributed by atoms with Crippen molar-refractivity contribution in [2.75, 3.05) is 18.0 Å². The normalized spacial score (nSPS) is 16.3. The predicted octanol–water partition coefficient (Wildman–Crippen LogP) is 2.38. The van der Waals surface area contributed by atoms with Crippen molar-refractivity contribution in [3.8, 4) is 0 Å². The summed E-state index contributed by atoms with van der Waals surface area (Å²) in [6.45, 7) is 6.36. The Bertz CT molecular complexity index is 358. The highest BCUT2D eigenvalue weighted by atomic mass is 16.3. The van der Waals surface area contributed by atoms with Gasteiger partial charge in [0.2, 0.25) is 0 Å². The summed E-state index contributed by atoms with van der Waals surface area (Å²) in [6.07, 6.45) is 2.87. The first-order valence-electron chi connectivity index (χ1n) is 6.25. The van der Waals surface area contributed by atoms with Gasteiger partial charge in [0.05, 0.1) is 6.10 Å². The van der Waals surface area contributed by atoms with Crippen LogP contribution in [0.25, 0.3) is 0 Å². The zero-order valence-corrected chi connectivity index (χ0v) is 10.2. The van der Waals surface area contributed by atoms with Crippen molar-refractivity contribution in [1.82, 2.24) is 0 Å². The van der Waals surface area contributed by atoms with E-state index in [1.54, 1.807) is 0 Å². The minimum Gasteiger partial charge on any atom is -0.393 e. The zero-order valence-electron chi connectivity index (χ0n) is 10.2. The van der Waals surface area contributed by atoms with Crippen molar-refractivity contribution in [1.29, 1.82) is 0 Å². The van der Waals surface area contributed by atoms with E-state index >= 15 is 0 Å². The minimum atomic E-state index is -0.251. The summed E-state index contributed by atoms with van der Waals surface area (Å²) < 4.78 is 0. The molecule has 0 fully saturated rings. The van der Waals surface area contributed by atoms with E-state index in [9.17, 15) is 5.11 Å². The predicted molar refractivity (Wildman–Crippen MR) is 68.0 cm³/mol. The molecule has 2 rings (SSSR count). The second-order valence-corrected chi connectivity index (χ2v) is 4.75. The maximum absolute atomic E-state index is 9.41. The van der Waals surface area contributed by atoms with Crippen molar-refractivity contribution < 1.29 is 5.11 Å². The third kappa shape index (κ3) is 2.38. The molecule has 1 aromatic carbocycles. The number of rotatable bonds is 4. The number of anilines is 1. The molecule has 1 N–H and O–H groups in total. The van der Waals surface area contributed by atoms with Crippen LogP contribution in [0.2, 0.25) is 0 Å². The molecule has 2 nitrogen and oxygen atoms in total. The average molecular weight is 219 g/mol. The summed E-state index contributed by atoms with van der Waals surface area (Å²) in [6, 6.07) is 6.63. The van der Waals surface area contributed by atoms with Crippen LogP contribution < -0.4 is 4.90 Å².